The van der Waals surface area contributed by atoms with Crippen molar-refractivity contribution in [3.63, 3.8) is 0 Å². The van der Waals surface area contributed by atoms with Crippen molar-refractivity contribution in [3.8, 4) is 11.5 Å². The highest BCUT2D eigenvalue weighted by atomic mass is 16.6. The summed E-state index contributed by atoms with van der Waals surface area (Å²) in [5, 5.41) is 2.84. The Morgan fingerprint density at radius 3 is 1.53 bits per heavy atom. The molecule has 2 saturated carbocycles. The van der Waals surface area contributed by atoms with Gasteiger partial charge in [-0.05, 0) is 49.7 Å². The number of aromatic nitrogens is 5. The number of pyridine rings is 1. The molecule has 2 N–H and O–H groups in total. The van der Waals surface area contributed by atoms with Crippen molar-refractivity contribution < 1.29 is 47.4 Å². The minimum Gasteiger partial charge on any atom is -0.382 e. The van der Waals surface area contributed by atoms with Gasteiger partial charge >= 0.3 is 5.69 Å². The fourth-order valence-electron chi connectivity index (χ4n) is 7.66. The van der Waals surface area contributed by atoms with Crippen molar-refractivity contribution in [2.24, 2.45) is 11.8 Å². The third-order valence-corrected chi connectivity index (χ3v) is 11.0. The predicted molar refractivity (Wildman–Crippen MR) is 232 cm³/mol. The molecule has 0 aliphatic heterocycles. The largest absolute Gasteiger partial charge is 0.382 e. The monoisotopic (exact) mass is 875 g/mol. The van der Waals surface area contributed by atoms with Crippen molar-refractivity contribution in [2.75, 3.05) is 126 Å². The van der Waals surface area contributed by atoms with Gasteiger partial charge in [0, 0.05) is 32.9 Å². The summed E-state index contributed by atoms with van der Waals surface area (Å²) in [7, 11) is 1.64. The Labute approximate surface area is 364 Å². The SMILES string of the molecule is COCCOCCOCCOCCOCCOCCOCCOCCOCCNC(=O)c1ccc(-c2nc3c([nH]2)c(=O)n(CC2CCCCC2)c(=O)n3CC2CCCCC2)nc1. The van der Waals surface area contributed by atoms with Crippen LogP contribution in [0.5, 0.6) is 0 Å². The third kappa shape index (κ3) is 17.5. The van der Waals surface area contributed by atoms with Gasteiger partial charge in [0.1, 0.15) is 11.2 Å². The molecular weight excluding hydrogens is 805 g/mol. The number of methoxy groups -OCH3 is 1. The molecule has 2 aliphatic rings. The highest BCUT2D eigenvalue weighted by Gasteiger charge is 2.24. The summed E-state index contributed by atoms with van der Waals surface area (Å²) in [6, 6.07) is 3.36. The Bertz CT molecular complexity index is 1790. The number of imidazole rings is 1. The molecule has 1 amide bonds. The first-order chi connectivity index (χ1) is 30.5. The number of carbonyl (C=O) groups excluding carboxylic acids is 1. The normalized spacial score (nSPS) is 15.2. The van der Waals surface area contributed by atoms with Gasteiger partial charge in [-0.1, -0.05) is 38.5 Å². The minimum absolute atomic E-state index is 0.274. The fraction of sp³-hybridized carbons (Fsp3) is 0.750. The van der Waals surface area contributed by atoms with Crippen LogP contribution in [-0.4, -0.2) is 156 Å². The van der Waals surface area contributed by atoms with E-state index in [1.807, 2.05) is 0 Å². The Morgan fingerprint density at radius 2 is 1.08 bits per heavy atom. The number of carbonyl (C=O) groups is 1. The first-order valence-electron chi connectivity index (χ1n) is 22.6. The molecule has 5 rings (SSSR count). The standard InChI is InChI=1S/C44H70N6O12/c1-54-16-17-56-20-21-58-24-25-60-28-29-62-31-30-61-27-26-59-23-22-57-19-18-55-15-14-45-42(51)37-12-13-38(46-32-37)40-47-39-41(48-40)49(33-35-8-4-2-5-9-35)44(53)50(43(39)52)34-36-10-6-3-7-11-36/h12-13,32,35-36H,2-11,14-31,33-34H2,1H3,(H,45,51)(H,47,48). The Morgan fingerprint density at radius 1 is 0.629 bits per heavy atom. The van der Waals surface area contributed by atoms with E-state index in [0.29, 0.717) is 172 Å². The molecule has 0 atom stereocenters. The van der Waals surface area contributed by atoms with Crippen LogP contribution in [0.3, 0.4) is 0 Å². The highest BCUT2D eigenvalue weighted by Crippen LogP contribution is 2.27. The van der Waals surface area contributed by atoms with Crippen LogP contribution in [0.15, 0.2) is 27.9 Å². The number of amides is 1. The van der Waals surface area contributed by atoms with Crippen molar-refractivity contribution >= 4 is 17.1 Å². The highest BCUT2D eigenvalue weighted by molar-refractivity contribution is 5.94. The molecule has 3 aromatic rings. The van der Waals surface area contributed by atoms with Crippen LogP contribution in [0.25, 0.3) is 22.7 Å². The van der Waals surface area contributed by atoms with Gasteiger partial charge in [0.2, 0.25) is 0 Å². The lowest BCUT2D eigenvalue weighted by atomic mass is 9.89. The van der Waals surface area contributed by atoms with Gasteiger partial charge < -0.3 is 52.9 Å². The Hall–Kier alpha value is -3.59. The van der Waals surface area contributed by atoms with Crippen LogP contribution in [0, 0.1) is 11.8 Å². The maximum Gasteiger partial charge on any atom is 0.332 e. The lowest BCUT2D eigenvalue weighted by molar-refractivity contribution is -0.0242. The lowest BCUT2D eigenvalue weighted by Crippen LogP contribution is -2.42. The summed E-state index contributed by atoms with van der Waals surface area (Å²) in [4.78, 5) is 52.9. The average molecular weight is 875 g/mol. The molecule has 0 bridgehead atoms. The first kappa shape index (κ1) is 49.4. The summed E-state index contributed by atoms with van der Waals surface area (Å²) in [6.45, 7) is 9.44. The molecule has 3 heterocycles. The Balaban J connectivity index is 0.896. The maximum atomic E-state index is 13.9. The molecule has 2 fully saturated rings. The number of aromatic amines is 1. The quantitative estimate of drug-likeness (QED) is 0.0842. The molecule has 18 heteroatoms. The molecule has 0 spiro atoms. The molecular formula is C44H70N6O12. The molecule has 2 aliphatic carbocycles. The van der Waals surface area contributed by atoms with Crippen LogP contribution in [0.4, 0.5) is 0 Å². The van der Waals surface area contributed by atoms with Gasteiger partial charge in [0.25, 0.3) is 11.5 Å². The second-order valence-electron chi connectivity index (χ2n) is 15.7. The predicted octanol–water partition coefficient (Wildman–Crippen LogP) is 3.62. The van der Waals surface area contributed by atoms with Crippen LogP contribution in [0.1, 0.15) is 74.6 Å². The smallest absolute Gasteiger partial charge is 0.332 e. The molecule has 18 nitrogen and oxygen atoms in total. The second-order valence-corrected chi connectivity index (χ2v) is 15.7. The topological polar surface area (TPSA) is 198 Å². The van der Waals surface area contributed by atoms with Crippen LogP contribution >= 0.6 is 0 Å². The molecule has 0 saturated heterocycles. The summed E-state index contributed by atoms with van der Waals surface area (Å²) in [5.41, 5.74) is 0.940. The van der Waals surface area contributed by atoms with Gasteiger partial charge in [0.05, 0.1) is 118 Å². The summed E-state index contributed by atoms with van der Waals surface area (Å²) in [5.74, 6) is 0.800. The van der Waals surface area contributed by atoms with Crippen molar-refractivity contribution in [3.05, 3.63) is 44.7 Å². The van der Waals surface area contributed by atoms with E-state index < -0.39 is 0 Å². The van der Waals surface area contributed by atoms with E-state index in [0.717, 1.165) is 51.4 Å². The minimum atomic E-state index is -0.335. The van der Waals surface area contributed by atoms with E-state index in [9.17, 15) is 14.4 Å². The van der Waals surface area contributed by atoms with Crippen molar-refractivity contribution in [1.29, 1.82) is 0 Å². The number of ether oxygens (including phenoxy) is 9. The average Bonchev–Trinajstić information content (AvgIpc) is 3.75. The van der Waals surface area contributed by atoms with E-state index in [-0.39, 0.29) is 17.2 Å². The van der Waals surface area contributed by atoms with E-state index in [4.69, 9.17) is 47.6 Å². The number of nitrogens with zero attached hydrogens (tertiary/aromatic N) is 4. The van der Waals surface area contributed by atoms with Gasteiger partial charge in [-0.25, -0.2) is 9.78 Å². The van der Waals surface area contributed by atoms with Gasteiger partial charge in [-0.2, -0.15) is 0 Å². The molecule has 348 valence electrons. The second kappa shape index (κ2) is 29.7. The van der Waals surface area contributed by atoms with E-state index in [1.54, 1.807) is 23.8 Å². The van der Waals surface area contributed by atoms with Crippen LogP contribution in [0.2, 0.25) is 0 Å². The first-order valence-corrected chi connectivity index (χ1v) is 22.6. The van der Waals surface area contributed by atoms with Crippen LogP contribution < -0.4 is 16.6 Å². The zero-order chi connectivity index (χ0) is 43.5. The molecule has 62 heavy (non-hydrogen) atoms. The molecule has 0 aromatic carbocycles. The van der Waals surface area contributed by atoms with Gasteiger partial charge in [0.15, 0.2) is 11.5 Å². The van der Waals surface area contributed by atoms with Crippen LogP contribution in [-0.2, 0) is 55.7 Å². The molecule has 0 radical (unpaired) electrons. The fourth-order valence-corrected chi connectivity index (χ4v) is 7.66. The Kier molecular flexibility index (Phi) is 23.7. The lowest BCUT2D eigenvalue weighted by Gasteiger charge is -2.24. The summed E-state index contributed by atoms with van der Waals surface area (Å²) < 4.78 is 51.9. The van der Waals surface area contributed by atoms with Crippen molar-refractivity contribution in [1.82, 2.24) is 29.4 Å². The number of nitrogens with one attached hydrogen (secondary N) is 2. The van der Waals surface area contributed by atoms with Gasteiger partial charge in [-0.15, -0.1) is 0 Å². The summed E-state index contributed by atoms with van der Waals surface area (Å²) in [6.07, 6.45) is 12.7. The van der Waals surface area contributed by atoms with E-state index in [1.165, 1.54) is 23.6 Å². The zero-order valence-electron chi connectivity index (χ0n) is 36.8. The van der Waals surface area contributed by atoms with E-state index in [2.05, 4.69) is 15.3 Å². The van der Waals surface area contributed by atoms with E-state index >= 15 is 0 Å². The van der Waals surface area contributed by atoms with Crippen molar-refractivity contribution in [2.45, 2.75) is 77.3 Å². The van der Waals surface area contributed by atoms with Gasteiger partial charge in [-0.3, -0.25) is 23.7 Å². The zero-order valence-corrected chi connectivity index (χ0v) is 36.8. The number of hydrogen-bond donors (Lipinski definition) is 2. The summed E-state index contributed by atoms with van der Waals surface area (Å²) >= 11 is 0. The molecule has 0 unspecified atom stereocenters. The third-order valence-electron chi connectivity index (χ3n) is 11.0. The number of hydrogen-bond acceptors (Lipinski definition) is 14. The molecule has 3 aromatic heterocycles. The number of fused-ring (bicyclic) bond motifs is 1. The maximum absolute atomic E-state index is 13.9. The number of rotatable bonds is 33. The number of H-pyrrole nitrogens is 1.